The Labute approximate surface area is 227 Å². The number of phosphoric acid groups is 1. The van der Waals surface area contributed by atoms with Crippen LogP contribution in [-0.2, 0) is 4.57 Å². The van der Waals surface area contributed by atoms with Gasteiger partial charge in [-0.25, -0.2) is 4.57 Å². The topological polar surface area (TPSA) is 77.8 Å². The second-order valence-electron chi connectivity index (χ2n) is 0.513. The van der Waals surface area contributed by atoms with Crippen molar-refractivity contribution in [3.05, 3.63) is 0 Å². The summed E-state index contributed by atoms with van der Waals surface area (Å²) in [6.45, 7) is 0. The first-order chi connectivity index (χ1) is 2.00. The van der Waals surface area contributed by atoms with Gasteiger partial charge in [0.15, 0.2) is 0 Å². The average molecular weight is 266 g/mol. The summed E-state index contributed by atoms with van der Waals surface area (Å²) in [6.07, 6.45) is 0. The molecule has 0 aliphatic heterocycles. The summed E-state index contributed by atoms with van der Waals surface area (Å²) in [5.74, 6) is 0. The molecule has 0 saturated carbocycles. The zero-order chi connectivity index (χ0) is 4.50. The molecule has 0 radical (unpaired) electrons. The maximum atomic E-state index is 8.88. The molecule has 0 amide bonds. The van der Waals surface area contributed by atoms with Gasteiger partial charge in [0.2, 0.25) is 0 Å². The Balaban J connectivity index is -0.00000000381. The molecule has 0 aromatic rings. The molecule has 12 heteroatoms. The van der Waals surface area contributed by atoms with Crippen LogP contribution in [-0.4, -0.2) is 222 Å². The van der Waals surface area contributed by atoms with Crippen LogP contribution in [0.15, 0.2) is 0 Å². The molecule has 0 unspecified atom stereocenters. The summed E-state index contributed by atoms with van der Waals surface area (Å²) in [5.41, 5.74) is 0. The fourth-order valence-electron chi connectivity index (χ4n) is 0. The molecule has 4 nitrogen and oxygen atoms in total. The van der Waals surface area contributed by atoms with Crippen LogP contribution in [0, 0.1) is 0 Å². The van der Waals surface area contributed by atoms with Crippen LogP contribution in [0.1, 0.15) is 0 Å². The third-order valence-electron chi connectivity index (χ3n) is 0. The second kappa shape index (κ2) is 30.8. The van der Waals surface area contributed by atoms with Gasteiger partial charge in [0, 0.05) is 0 Å². The quantitative estimate of drug-likeness (QED) is 0.302. The van der Waals surface area contributed by atoms with Crippen molar-refractivity contribution >= 4 is 215 Å². The molecule has 3 N–H and O–H groups in total. The Morgan fingerprint density at radius 2 is 0.583 bits per heavy atom. The molecule has 0 aromatic carbocycles. The van der Waals surface area contributed by atoms with Crippen molar-refractivity contribution in [3.8, 4) is 0 Å². The van der Waals surface area contributed by atoms with Crippen LogP contribution in [0.25, 0.3) is 0 Å². The molecule has 0 aromatic heterocycles. The Morgan fingerprint density at radius 3 is 0.583 bits per heavy atom. The normalized spacial score (nSPS) is 4.92. The van der Waals surface area contributed by atoms with Gasteiger partial charge in [0.25, 0.3) is 0 Å². The molecule has 46 valence electrons. The predicted molar refractivity (Wildman–Crippen MR) is 64.3 cm³/mol. The van der Waals surface area contributed by atoms with Crippen LogP contribution in [0.4, 0.5) is 0 Å². The van der Waals surface area contributed by atoms with Crippen LogP contribution in [0.3, 0.4) is 0 Å². The van der Waals surface area contributed by atoms with Crippen LogP contribution < -0.4 is 0 Å². The van der Waals surface area contributed by atoms with Gasteiger partial charge < -0.3 is 14.7 Å². The van der Waals surface area contributed by atoms with E-state index >= 15 is 0 Å². The molecule has 0 bridgehead atoms. The summed E-state index contributed by atoms with van der Waals surface area (Å²) in [6, 6.07) is 0. The van der Waals surface area contributed by atoms with E-state index in [2.05, 4.69) is 0 Å². The SMILES string of the molecule is O=P(O)(O)O.[NaH].[NaH].[NaH].[NaH].[NaH].[NaH].[NaH]. The molecule has 0 fully saturated rings. The zero-order valence-corrected chi connectivity index (χ0v) is 3.09. The summed E-state index contributed by atoms with van der Waals surface area (Å²) in [4.78, 5) is 21.6. The van der Waals surface area contributed by atoms with Gasteiger partial charge in [0.05, 0.1) is 0 Å². The van der Waals surface area contributed by atoms with Gasteiger partial charge in [-0.15, -0.1) is 0 Å². The van der Waals surface area contributed by atoms with E-state index in [1.165, 1.54) is 0 Å². The second-order valence-corrected chi connectivity index (χ2v) is 1.54. The van der Waals surface area contributed by atoms with Crippen molar-refractivity contribution in [3.63, 3.8) is 0 Å². The standard InChI is InChI=1S/7Na.H3O4P.7H/c;;;;;;;1-5(2,3)4;;;;;;;/h;;;;;;;(H3,1,2,3,4);;;;;;;. The van der Waals surface area contributed by atoms with E-state index in [1.54, 1.807) is 0 Å². The van der Waals surface area contributed by atoms with E-state index in [0.29, 0.717) is 0 Å². The van der Waals surface area contributed by atoms with E-state index in [-0.39, 0.29) is 207 Å². The van der Waals surface area contributed by atoms with Gasteiger partial charge in [0.1, 0.15) is 0 Å². The van der Waals surface area contributed by atoms with Gasteiger partial charge in [-0.3, -0.25) is 0 Å². The van der Waals surface area contributed by atoms with Gasteiger partial charge >= 0.3 is 215 Å². The van der Waals surface area contributed by atoms with Crippen molar-refractivity contribution in [1.82, 2.24) is 0 Å². The predicted octanol–water partition coefficient (Wildman–Crippen LogP) is -5.47. The molecule has 0 rings (SSSR count). The van der Waals surface area contributed by atoms with Crippen molar-refractivity contribution < 1.29 is 19.2 Å². The van der Waals surface area contributed by atoms with Crippen molar-refractivity contribution in [2.24, 2.45) is 0 Å². The molecule has 0 heterocycles. The van der Waals surface area contributed by atoms with E-state index < -0.39 is 7.82 Å². The van der Waals surface area contributed by atoms with E-state index in [9.17, 15) is 0 Å². The van der Waals surface area contributed by atoms with Crippen molar-refractivity contribution in [2.75, 3.05) is 0 Å². The van der Waals surface area contributed by atoms with Crippen LogP contribution in [0.5, 0.6) is 0 Å². The molecule has 12 heavy (non-hydrogen) atoms. The summed E-state index contributed by atoms with van der Waals surface area (Å²) >= 11 is 0. The Hall–Kier alpha value is 7.11. The fourth-order valence-corrected chi connectivity index (χ4v) is 0. The zero-order valence-electron chi connectivity index (χ0n) is 2.20. The molecule has 0 saturated heterocycles. The monoisotopic (exact) mass is 266 g/mol. The summed E-state index contributed by atoms with van der Waals surface area (Å²) in [5, 5.41) is 0. The molecule has 0 spiro atoms. The summed E-state index contributed by atoms with van der Waals surface area (Å²) < 4.78 is 8.88. The summed E-state index contributed by atoms with van der Waals surface area (Å²) in [7, 11) is -4.64. The average Bonchev–Trinajstić information content (AvgIpc) is 0.722. The minimum absolute atomic E-state index is 0. The van der Waals surface area contributed by atoms with Gasteiger partial charge in [-0.05, 0) is 0 Å². The molecule has 0 aliphatic rings. The van der Waals surface area contributed by atoms with Crippen molar-refractivity contribution in [1.29, 1.82) is 0 Å². The number of hydrogen-bond acceptors (Lipinski definition) is 1. The molecule has 0 atom stereocenters. The van der Waals surface area contributed by atoms with Crippen molar-refractivity contribution in [2.45, 2.75) is 0 Å². The Kier molecular flexibility index (Phi) is 131. The van der Waals surface area contributed by atoms with Gasteiger partial charge in [-0.1, -0.05) is 0 Å². The third kappa shape index (κ3) is 87.8. The molecule has 0 aliphatic carbocycles. The fraction of sp³-hybridized carbons (Fsp3) is 0. The Morgan fingerprint density at radius 1 is 0.583 bits per heavy atom. The third-order valence-corrected chi connectivity index (χ3v) is 0. The first-order valence-corrected chi connectivity index (χ1v) is 2.35. The van der Waals surface area contributed by atoms with Crippen LogP contribution >= 0.6 is 7.82 Å². The van der Waals surface area contributed by atoms with E-state index in [1.807, 2.05) is 0 Å². The van der Waals surface area contributed by atoms with Crippen LogP contribution in [0.2, 0.25) is 0 Å². The van der Waals surface area contributed by atoms with Gasteiger partial charge in [-0.2, -0.15) is 0 Å². The minimum atomic E-state index is -4.64. The number of hydrogen-bond donors (Lipinski definition) is 3. The Bertz CT molecular complexity index is 61.5. The first kappa shape index (κ1) is 50.8. The van der Waals surface area contributed by atoms with E-state index in [0.717, 1.165) is 0 Å². The molecular formula is H10Na7O4P. The maximum absolute atomic E-state index is 8.88. The number of rotatable bonds is 0. The first-order valence-electron chi connectivity index (χ1n) is 0.783. The van der Waals surface area contributed by atoms with E-state index in [4.69, 9.17) is 19.2 Å². The molecular weight excluding hydrogens is 256 g/mol.